The third-order valence-corrected chi connectivity index (χ3v) is 12.6. The van der Waals surface area contributed by atoms with Gasteiger partial charge in [-0.1, -0.05) is 64.1 Å². The van der Waals surface area contributed by atoms with Gasteiger partial charge in [-0.15, -0.1) is 0 Å². The number of carbonyl (C=O) groups is 4. The Morgan fingerprint density at radius 1 is 0.710 bits per heavy atom. The second-order valence-electron chi connectivity index (χ2n) is 17.2. The molecule has 0 radical (unpaired) electrons. The van der Waals surface area contributed by atoms with Crippen LogP contribution in [-0.4, -0.2) is 112 Å². The molecule has 4 N–H and O–H groups in total. The summed E-state index contributed by atoms with van der Waals surface area (Å²) >= 11 is 0. The Hall–Kier alpha value is -6.26. The maximum atomic E-state index is 14.1. The number of benzene rings is 4. The Balaban J connectivity index is 0.991. The van der Waals surface area contributed by atoms with Gasteiger partial charge in [-0.3, -0.25) is 9.59 Å². The maximum Gasteiger partial charge on any atom is 0.407 e. The smallest absolute Gasteiger partial charge is 0.407 e. The summed E-state index contributed by atoms with van der Waals surface area (Å²) in [6.45, 7) is 9.22. The van der Waals surface area contributed by atoms with Gasteiger partial charge >= 0.3 is 12.2 Å². The normalized spacial score (nSPS) is 19.7. The Morgan fingerprint density at radius 3 is 1.71 bits per heavy atom. The Morgan fingerprint density at radius 2 is 1.21 bits per heavy atom. The SMILES string of the molecule is COC(=O)NC(C(=O)N1CC2(C[C@H]1c1nc3c(ccc4cc(-c5ccc6c(ccc7[nH]c([C@@H]8CCCN8C(=O)[C@@H](NC(=O)OC)C(C)C)nc76)c5)ccc43)[nH]1)OCCO2)C(C)C. The summed E-state index contributed by atoms with van der Waals surface area (Å²) in [6.07, 6.45) is 0.693. The molecule has 3 aliphatic heterocycles. The summed E-state index contributed by atoms with van der Waals surface area (Å²) in [5.41, 5.74) is 5.44. The number of aromatic nitrogens is 4. The zero-order chi connectivity index (χ0) is 43.4. The van der Waals surface area contributed by atoms with Crippen molar-refractivity contribution in [3.8, 4) is 11.1 Å². The summed E-state index contributed by atoms with van der Waals surface area (Å²) < 4.78 is 21.8. The van der Waals surface area contributed by atoms with Crippen molar-refractivity contribution in [2.45, 2.75) is 76.9 Å². The molecular weight excluding hydrogens is 793 g/mol. The van der Waals surface area contributed by atoms with Gasteiger partial charge in [0.1, 0.15) is 23.7 Å². The van der Waals surface area contributed by atoms with Crippen LogP contribution in [0.25, 0.3) is 54.7 Å². The number of nitrogens with one attached hydrogen (secondary N) is 4. The van der Waals surface area contributed by atoms with Crippen molar-refractivity contribution in [3.63, 3.8) is 0 Å². The van der Waals surface area contributed by atoms with Crippen LogP contribution in [0, 0.1) is 11.8 Å². The van der Waals surface area contributed by atoms with Crippen molar-refractivity contribution < 1.29 is 38.1 Å². The van der Waals surface area contributed by atoms with E-state index in [4.69, 9.17) is 28.9 Å². The van der Waals surface area contributed by atoms with Crippen LogP contribution in [-0.2, 0) is 28.5 Å². The van der Waals surface area contributed by atoms with Crippen LogP contribution in [0.1, 0.15) is 70.7 Å². The van der Waals surface area contributed by atoms with Crippen LogP contribution in [0.4, 0.5) is 9.59 Å². The van der Waals surface area contributed by atoms with E-state index in [2.05, 4.69) is 69.1 Å². The lowest BCUT2D eigenvalue weighted by Crippen LogP contribution is -2.52. The third kappa shape index (κ3) is 7.34. The van der Waals surface area contributed by atoms with Crippen LogP contribution in [0.2, 0.25) is 0 Å². The number of fused-ring (bicyclic) bond motifs is 6. The van der Waals surface area contributed by atoms with E-state index in [1.165, 1.54) is 14.2 Å². The van der Waals surface area contributed by atoms with Crippen molar-refractivity contribution in [1.29, 1.82) is 0 Å². The number of likely N-dealkylation sites (tertiary alicyclic amines) is 2. The maximum absolute atomic E-state index is 14.1. The molecule has 4 atom stereocenters. The van der Waals surface area contributed by atoms with E-state index in [0.29, 0.717) is 32.0 Å². The molecule has 1 spiro atoms. The Kier molecular flexibility index (Phi) is 10.8. The summed E-state index contributed by atoms with van der Waals surface area (Å²) in [6, 6.07) is 18.7. The summed E-state index contributed by atoms with van der Waals surface area (Å²) in [5.74, 6) is -0.330. The van der Waals surface area contributed by atoms with Gasteiger partial charge in [-0.2, -0.15) is 0 Å². The van der Waals surface area contributed by atoms with Gasteiger partial charge in [0.2, 0.25) is 11.8 Å². The predicted octanol–water partition coefficient (Wildman–Crippen LogP) is 6.85. The first-order valence-corrected chi connectivity index (χ1v) is 21.3. The molecule has 324 valence electrons. The number of H-pyrrole nitrogens is 2. The van der Waals surface area contributed by atoms with E-state index in [1.54, 1.807) is 4.90 Å². The van der Waals surface area contributed by atoms with E-state index in [0.717, 1.165) is 73.4 Å². The molecule has 0 aliphatic carbocycles. The highest BCUT2D eigenvalue weighted by molar-refractivity contribution is 6.07. The molecule has 4 aromatic carbocycles. The predicted molar refractivity (Wildman–Crippen MR) is 232 cm³/mol. The van der Waals surface area contributed by atoms with Crippen LogP contribution in [0.3, 0.4) is 0 Å². The first kappa shape index (κ1) is 41.1. The highest BCUT2D eigenvalue weighted by Crippen LogP contribution is 2.43. The first-order chi connectivity index (χ1) is 29.9. The zero-order valence-corrected chi connectivity index (χ0v) is 35.7. The van der Waals surface area contributed by atoms with Gasteiger partial charge in [0.25, 0.3) is 0 Å². The van der Waals surface area contributed by atoms with Gasteiger partial charge in [0, 0.05) is 23.7 Å². The van der Waals surface area contributed by atoms with Gasteiger partial charge in [0.05, 0.1) is 68.1 Å². The van der Waals surface area contributed by atoms with Crippen LogP contribution in [0.5, 0.6) is 0 Å². The Labute approximate surface area is 358 Å². The number of alkyl carbamates (subject to hydrolysis) is 2. The van der Waals surface area contributed by atoms with Gasteiger partial charge < -0.3 is 49.3 Å². The standard InChI is InChI=1S/C46H52N8O8/c1-24(2)36(51-44(57)59-5)42(55)53-17-7-8-34(53)40-47-32-15-11-28-20-26(9-13-30(28)38(32)49-40)27-10-14-31-29(21-27)12-16-33-39(31)50-41(48-33)35-22-46(61-18-19-62-46)23-54(35)43(56)37(25(3)4)52-45(58)60-6/h9-16,20-21,24-25,34-37H,7-8,17-19,22-23H2,1-6H3,(H,47,49)(H,48,50)(H,51,57)(H,52,58)/t34-,35-,36-,37?/m0/s1. The van der Waals surface area contributed by atoms with Crippen molar-refractivity contribution in [2.75, 3.05) is 40.5 Å². The number of methoxy groups -OCH3 is 2. The number of rotatable bonds is 9. The number of ether oxygens (including phenoxy) is 4. The molecule has 1 unspecified atom stereocenters. The van der Waals surface area contributed by atoms with Crippen molar-refractivity contribution in [2.24, 2.45) is 11.8 Å². The molecular formula is C46H52N8O8. The molecule has 3 aliphatic rings. The lowest BCUT2D eigenvalue weighted by Gasteiger charge is -2.30. The molecule has 9 rings (SSSR count). The minimum absolute atomic E-state index is 0.121. The molecule has 6 aromatic rings. The fraction of sp³-hybridized carbons (Fsp3) is 0.435. The summed E-state index contributed by atoms with van der Waals surface area (Å²) in [4.78, 5) is 72.9. The zero-order valence-electron chi connectivity index (χ0n) is 35.7. The van der Waals surface area contributed by atoms with E-state index >= 15 is 0 Å². The van der Waals surface area contributed by atoms with Crippen molar-refractivity contribution >= 4 is 67.6 Å². The number of hydrogen-bond acceptors (Lipinski definition) is 10. The van der Waals surface area contributed by atoms with Crippen LogP contribution in [0.15, 0.2) is 60.7 Å². The summed E-state index contributed by atoms with van der Waals surface area (Å²) in [5, 5.41) is 9.44. The molecule has 4 amide bonds. The topological polar surface area (TPSA) is 193 Å². The van der Waals surface area contributed by atoms with Gasteiger partial charge in [-0.05, 0) is 70.8 Å². The second kappa shape index (κ2) is 16.2. The molecule has 16 heteroatoms. The summed E-state index contributed by atoms with van der Waals surface area (Å²) in [7, 11) is 2.57. The van der Waals surface area contributed by atoms with E-state index < -0.39 is 36.1 Å². The molecule has 3 saturated heterocycles. The molecule has 62 heavy (non-hydrogen) atoms. The Bertz CT molecular complexity index is 2720. The average Bonchev–Trinajstić information content (AvgIpc) is 4.13. The molecule has 3 fully saturated rings. The first-order valence-electron chi connectivity index (χ1n) is 21.3. The number of amides is 4. The number of imidazole rings is 2. The minimum atomic E-state index is -0.950. The highest BCUT2D eigenvalue weighted by atomic mass is 16.7. The average molecular weight is 845 g/mol. The number of aromatic amines is 2. The number of hydrogen-bond donors (Lipinski definition) is 4. The molecule has 16 nitrogen and oxygen atoms in total. The number of carbonyl (C=O) groups excluding carboxylic acids is 4. The van der Waals surface area contributed by atoms with Crippen LogP contribution < -0.4 is 10.6 Å². The monoisotopic (exact) mass is 844 g/mol. The molecule has 0 saturated carbocycles. The molecule has 0 bridgehead atoms. The minimum Gasteiger partial charge on any atom is -0.453 e. The fourth-order valence-electron chi connectivity index (χ4n) is 9.41. The second-order valence-corrected chi connectivity index (χ2v) is 17.2. The van der Waals surface area contributed by atoms with Crippen molar-refractivity contribution in [3.05, 3.63) is 72.3 Å². The van der Waals surface area contributed by atoms with Gasteiger partial charge in [-0.25, -0.2) is 19.6 Å². The largest absolute Gasteiger partial charge is 0.453 e. The molecule has 2 aromatic heterocycles. The van der Waals surface area contributed by atoms with E-state index in [1.807, 2.05) is 44.7 Å². The highest BCUT2D eigenvalue weighted by Gasteiger charge is 2.53. The fourth-order valence-corrected chi connectivity index (χ4v) is 9.41. The van der Waals surface area contributed by atoms with E-state index in [9.17, 15) is 19.2 Å². The van der Waals surface area contributed by atoms with Crippen LogP contribution >= 0.6 is 0 Å². The molecule has 5 heterocycles. The lowest BCUT2D eigenvalue weighted by atomic mass is 9.98. The lowest BCUT2D eigenvalue weighted by molar-refractivity contribution is -0.153. The van der Waals surface area contributed by atoms with Gasteiger partial charge in [0.15, 0.2) is 5.79 Å². The number of nitrogens with zero attached hydrogens (tertiary/aromatic N) is 4. The van der Waals surface area contributed by atoms with Crippen molar-refractivity contribution in [1.82, 2.24) is 40.4 Å². The quantitative estimate of drug-likeness (QED) is 0.120. The van der Waals surface area contributed by atoms with E-state index in [-0.39, 0.29) is 36.2 Å². The third-order valence-electron chi connectivity index (χ3n) is 12.6.